The van der Waals surface area contributed by atoms with Crippen LogP contribution in [0.2, 0.25) is 4.47 Å². The van der Waals surface area contributed by atoms with Gasteiger partial charge in [0.05, 0.1) is 33.9 Å². The van der Waals surface area contributed by atoms with Crippen LogP contribution < -0.4 is 0 Å². The van der Waals surface area contributed by atoms with Crippen molar-refractivity contribution in [2.45, 2.75) is 18.2 Å². The number of hydrogen-bond donors (Lipinski definition) is 0. The lowest BCUT2D eigenvalue weighted by Gasteiger charge is -2.04. The quantitative estimate of drug-likeness (QED) is 0.786. The molecule has 5 nitrogen and oxygen atoms in total. The molecule has 0 atom stereocenters. The molecule has 0 spiro atoms. The maximum atomic E-state index is 12.1. The molecule has 0 N–H and O–H groups in total. The highest BCUT2D eigenvalue weighted by Gasteiger charge is 2.18. The van der Waals surface area contributed by atoms with Crippen LogP contribution in [0.1, 0.15) is 13.3 Å². The second-order valence-corrected chi connectivity index (χ2v) is 7.69. The van der Waals surface area contributed by atoms with Crippen molar-refractivity contribution in [1.82, 2.24) is 4.98 Å². The van der Waals surface area contributed by atoms with E-state index in [0.717, 1.165) is 0 Å². The first-order valence-electron chi connectivity index (χ1n) is 5.87. The van der Waals surface area contributed by atoms with Gasteiger partial charge in [0.2, 0.25) is 0 Å². The molecule has 0 fully saturated rings. The van der Waals surface area contributed by atoms with E-state index < -0.39 is 15.8 Å². The molecule has 0 saturated carbocycles. The molecule has 1 aromatic carbocycles. The van der Waals surface area contributed by atoms with Crippen molar-refractivity contribution >= 4 is 49.0 Å². The molecule has 0 unspecified atom stereocenters. The lowest BCUT2D eigenvalue weighted by Crippen LogP contribution is -2.13. The zero-order chi connectivity index (χ0) is 14.8. The molecule has 0 amide bonds. The van der Waals surface area contributed by atoms with Crippen LogP contribution in [0.15, 0.2) is 23.1 Å². The van der Waals surface area contributed by atoms with E-state index >= 15 is 0 Å². The summed E-state index contributed by atoms with van der Waals surface area (Å²) in [5.74, 6) is -0.790. The standard InChI is InChI=1S/C12H12ClNO4S2/c1-2-18-11(15)5-6-20(16,17)8-3-4-9-10(7-8)19-12(13)14-9/h3-4,7H,2,5-6H2,1H3. The van der Waals surface area contributed by atoms with Crippen molar-refractivity contribution in [3.05, 3.63) is 22.7 Å². The van der Waals surface area contributed by atoms with Crippen molar-refractivity contribution in [2.24, 2.45) is 0 Å². The van der Waals surface area contributed by atoms with Crippen LogP contribution in [0.3, 0.4) is 0 Å². The molecule has 0 aliphatic heterocycles. The lowest BCUT2D eigenvalue weighted by molar-refractivity contribution is -0.142. The van der Waals surface area contributed by atoms with E-state index in [4.69, 9.17) is 16.3 Å². The van der Waals surface area contributed by atoms with Gasteiger partial charge in [-0.25, -0.2) is 13.4 Å². The summed E-state index contributed by atoms with van der Waals surface area (Å²) < 4.78 is 30.1. The monoisotopic (exact) mass is 333 g/mol. The van der Waals surface area contributed by atoms with E-state index in [1.165, 1.54) is 23.5 Å². The summed E-state index contributed by atoms with van der Waals surface area (Å²) in [6.45, 7) is 1.91. The molecule has 2 aromatic rings. The van der Waals surface area contributed by atoms with Crippen molar-refractivity contribution in [3.8, 4) is 0 Å². The van der Waals surface area contributed by atoms with Gasteiger partial charge in [-0.3, -0.25) is 4.79 Å². The van der Waals surface area contributed by atoms with Gasteiger partial charge in [0.25, 0.3) is 0 Å². The third-order valence-corrected chi connectivity index (χ3v) is 5.41. The number of rotatable bonds is 5. The number of carbonyl (C=O) groups excluding carboxylic acids is 1. The number of thiazole rings is 1. The zero-order valence-corrected chi connectivity index (χ0v) is 13.0. The minimum absolute atomic E-state index is 0.155. The molecule has 0 saturated heterocycles. The maximum Gasteiger partial charge on any atom is 0.306 e. The summed E-state index contributed by atoms with van der Waals surface area (Å²) in [5.41, 5.74) is 0.657. The highest BCUT2D eigenvalue weighted by atomic mass is 35.5. The number of nitrogens with zero attached hydrogens (tertiary/aromatic N) is 1. The van der Waals surface area contributed by atoms with Crippen LogP contribution in [-0.4, -0.2) is 31.7 Å². The average Bonchev–Trinajstić information content (AvgIpc) is 2.76. The summed E-state index contributed by atoms with van der Waals surface area (Å²) in [4.78, 5) is 15.4. The Labute approximate surface area is 125 Å². The molecular weight excluding hydrogens is 322 g/mol. The number of aromatic nitrogens is 1. The van der Waals surface area contributed by atoms with E-state index in [9.17, 15) is 13.2 Å². The fourth-order valence-corrected chi connectivity index (χ4v) is 4.03. The largest absolute Gasteiger partial charge is 0.466 e. The molecule has 0 bridgehead atoms. The van der Waals surface area contributed by atoms with E-state index in [0.29, 0.717) is 14.7 Å². The number of carbonyl (C=O) groups is 1. The molecule has 108 valence electrons. The van der Waals surface area contributed by atoms with E-state index in [1.54, 1.807) is 13.0 Å². The molecule has 1 aromatic heterocycles. The number of hydrogen-bond acceptors (Lipinski definition) is 6. The van der Waals surface area contributed by atoms with Gasteiger partial charge < -0.3 is 4.74 Å². The van der Waals surface area contributed by atoms with Crippen molar-refractivity contribution in [1.29, 1.82) is 0 Å². The van der Waals surface area contributed by atoms with Gasteiger partial charge in [-0.1, -0.05) is 11.6 Å². The topological polar surface area (TPSA) is 73.3 Å². The Morgan fingerprint density at radius 1 is 1.45 bits per heavy atom. The van der Waals surface area contributed by atoms with Crippen molar-refractivity contribution in [2.75, 3.05) is 12.4 Å². The summed E-state index contributed by atoms with van der Waals surface area (Å²) in [5, 5.41) is 0. The van der Waals surface area contributed by atoms with Crippen molar-refractivity contribution < 1.29 is 17.9 Å². The lowest BCUT2D eigenvalue weighted by atomic mass is 10.3. The average molecular weight is 334 g/mol. The van der Waals surface area contributed by atoms with Crippen LogP contribution in [0.5, 0.6) is 0 Å². The van der Waals surface area contributed by atoms with Gasteiger partial charge >= 0.3 is 5.97 Å². The third-order valence-electron chi connectivity index (χ3n) is 2.57. The first kappa shape index (κ1) is 15.2. The number of benzene rings is 1. The molecule has 0 aliphatic rings. The number of ether oxygens (including phenoxy) is 1. The summed E-state index contributed by atoms with van der Waals surface area (Å²) >= 11 is 7.00. The molecule has 20 heavy (non-hydrogen) atoms. The van der Waals surface area contributed by atoms with E-state index in [2.05, 4.69) is 4.98 Å². The summed E-state index contributed by atoms with van der Waals surface area (Å²) in [6.07, 6.45) is -0.155. The maximum absolute atomic E-state index is 12.1. The highest BCUT2D eigenvalue weighted by molar-refractivity contribution is 7.91. The van der Waals surface area contributed by atoms with Gasteiger partial charge in [0.1, 0.15) is 0 Å². The Morgan fingerprint density at radius 3 is 2.90 bits per heavy atom. The Balaban J connectivity index is 2.20. The molecule has 0 aliphatic carbocycles. The van der Waals surface area contributed by atoms with Crippen LogP contribution in [-0.2, 0) is 19.4 Å². The van der Waals surface area contributed by atoms with E-state index in [-0.39, 0.29) is 23.7 Å². The number of fused-ring (bicyclic) bond motifs is 1. The second-order valence-electron chi connectivity index (χ2n) is 3.97. The molecule has 0 radical (unpaired) electrons. The van der Waals surface area contributed by atoms with Gasteiger partial charge in [-0.15, -0.1) is 11.3 Å². The number of halogens is 1. The fraction of sp³-hybridized carbons (Fsp3) is 0.333. The van der Waals surface area contributed by atoms with Crippen LogP contribution in [0.25, 0.3) is 10.2 Å². The highest BCUT2D eigenvalue weighted by Crippen LogP contribution is 2.28. The predicted molar refractivity (Wildman–Crippen MR) is 77.9 cm³/mol. The second kappa shape index (κ2) is 6.07. The molecule has 1 heterocycles. The van der Waals surface area contributed by atoms with Crippen molar-refractivity contribution in [3.63, 3.8) is 0 Å². The van der Waals surface area contributed by atoms with Crippen LogP contribution in [0.4, 0.5) is 0 Å². The minimum atomic E-state index is -3.52. The summed E-state index contributed by atoms with van der Waals surface area (Å²) in [6, 6.07) is 4.60. The van der Waals surface area contributed by atoms with Gasteiger partial charge in [-0.2, -0.15) is 0 Å². The Kier molecular flexibility index (Phi) is 4.62. The molecule has 8 heteroatoms. The SMILES string of the molecule is CCOC(=O)CCS(=O)(=O)c1ccc2nc(Cl)sc2c1. The zero-order valence-electron chi connectivity index (χ0n) is 10.6. The van der Waals surface area contributed by atoms with Crippen LogP contribution in [0, 0.1) is 0 Å². The van der Waals surface area contributed by atoms with Gasteiger partial charge in [0.15, 0.2) is 14.3 Å². The molecular formula is C12H12ClNO4S2. The normalized spacial score (nSPS) is 11.7. The smallest absolute Gasteiger partial charge is 0.306 e. The number of esters is 1. The van der Waals surface area contributed by atoms with Gasteiger partial charge in [-0.05, 0) is 25.1 Å². The predicted octanol–water partition coefficient (Wildman–Crippen LogP) is 2.68. The fourth-order valence-electron chi connectivity index (χ4n) is 1.64. The summed E-state index contributed by atoms with van der Waals surface area (Å²) in [7, 11) is -3.52. The Bertz CT molecular complexity index is 739. The first-order chi connectivity index (χ1) is 9.42. The van der Waals surface area contributed by atoms with E-state index in [1.807, 2.05) is 0 Å². The number of sulfone groups is 1. The first-order valence-corrected chi connectivity index (χ1v) is 8.71. The third kappa shape index (κ3) is 3.47. The van der Waals surface area contributed by atoms with Crippen LogP contribution >= 0.6 is 22.9 Å². The van der Waals surface area contributed by atoms with Gasteiger partial charge in [0, 0.05) is 0 Å². The Morgan fingerprint density at radius 2 is 2.20 bits per heavy atom. The Hall–Kier alpha value is -1.18. The minimum Gasteiger partial charge on any atom is -0.466 e. The molecule has 2 rings (SSSR count).